The third kappa shape index (κ3) is 2.63. The standard InChI is InChI=1S/C12H16NO2/c1-2-5-13-9-10-3-4-11-12(8-10)15-7-6-14-11/h2-4,8,13H,5-7,9H2,1H3. The topological polar surface area (TPSA) is 30.5 Å². The summed E-state index contributed by atoms with van der Waals surface area (Å²) in [5.41, 5.74) is 1.22. The second kappa shape index (κ2) is 5.03. The number of hydrogen-bond donors (Lipinski definition) is 1. The summed E-state index contributed by atoms with van der Waals surface area (Å²) >= 11 is 0. The lowest BCUT2D eigenvalue weighted by Crippen LogP contribution is -2.17. The monoisotopic (exact) mass is 206 g/mol. The Bertz CT molecular complexity index is 325. The summed E-state index contributed by atoms with van der Waals surface area (Å²) in [5, 5.41) is 3.31. The first-order valence-electron chi connectivity index (χ1n) is 5.27. The first-order chi connectivity index (χ1) is 7.40. The fraction of sp³-hybridized carbons (Fsp3) is 0.417. The molecule has 0 saturated heterocycles. The molecule has 0 aliphatic carbocycles. The molecular formula is C12H16NO2. The van der Waals surface area contributed by atoms with Gasteiger partial charge in [-0.2, -0.15) is 0 Å². The summed E-state index contributed by atoms with van der Waals surface area (Å²) in [5.74, 6) is 1.72. The molecule has 0 aromatic heterocycles. The van der Waals surface area contributed by atoms with Gasteiger partial charge in [0.15, 0.2) is 11.5 Å². The minimum Gasteiger partial charge on any atom is -0.486 e. The van der Waals surface area contributed by atoms with Crippen LogP contribution in [0.4, 0.5) is 0 Å². The van der Waals surface area contributed by atoms with Gasteiger partial charge in [-0.3, -0.25) is 0 Å². The predicted molar refractivity (Wildman–Crippen MR) is 59.1 cm³/mol. The number of ether oxygens (including phenoxy) is 2. The van der Waals surface area contributed by atoms with Gasteiger partial charge >= 0.3 is 0 Å². The molecule has 1 aromatic carbocycles. The molecule has 1 N–H and O–H groups in total. The van der Waals surface area contributed by atoms with Crippen LogP contribution in [0.25, 0.3) is 0 Å². The third-order valence-electron chi connectivity index (χ3n) is 2.28. The zero-order valence-corrected chi connectivity index (χ0v) is 8.95. The molecule has 0 bridgehead atoms. The van der Waals surface area contributed by atoms with Crippen molar-refractivity contribution in [3.63, 3.8) is 0 Å². The van der Waals surface area contributed by atoms with Crippen LogP contribution >= 0.6 is 0 Å². The molecule has 3 heteroatoms. The van der Waals surface area contributed by atoms with E-state index in [2.05, 4.69) is 17.8 Å². The largest absolute Gasteiger partial charge is 0.486 e. The van der Waals surface area contributed by atoms with Crippen LogP contribution in [0.3, 0.4) is 0 Å². The van der Waals surface area contributed by atoms with E-state index in [0.29, 0.717) is 13.2 Å². The average Bonchev–Trinajstić information content (AvgIpc) is 2.29. The summed E-state index contributed by atoms with van der Waals surface area (Å²) < 4.78 is 11.0. The first-order valence-corrected chi connectivity index (χ1v) is 5.27. The Labute approximate surface area is 90.4 Å². The van der Waals surface area contributed by atoms with E-state index in [1.807, 2.05) is 19.1 Å². The molecule has 3 nitrogen and oxygen atoms in total. The molecule has 1 heterocycles. The van der Waals surface area contributed by atoms with Gasteiger partial charge in [-0.05, 0) is 30.7 Å². The van der Waals surface area contributed by atoms with Gasteiger partial charge < -0.3 is 14.8 Å². The van der Waals surface area contributed by atoms with E-state index < -0.39 is 0 Å². The van der Waals surface area contributed by atoms with Crippen molar-refractivity contribution in [2.24, 2.45) is 0 Å². The SMILES string of the molecule is C[CH]CNCc1ccc2c(c1)OCCO2. The van der Waals surface area contributed by atoms with E-state index in [1.165, 1.54) is 5.56 Å². The maximum atomic E-state index is 5.51. The van der Waals surface area contributed by atoms with E-state index in [1.54, 1.807) is 0 Å². The van der Waals surface area contributed by atoms with Gasteiger partial charge in [0.05, 0.1) is 0 Å². The van der Waals surface area contributed by atoms with E-state index in [4.69, 9.17) is 9.47 Å². The molecule has 1 aromatic rings. The number of nitrogens with one attached hydrogen (secondary N) is 1. The van der Waals surface area contributed by atoms with E-state index in [0.717, 1.165) is 24.6 Å². The molecule has 15 heavy (non-hydrogen) atoms. The summed E-state index contributed by atoms with van der Waals surface area (Å²) in [6.07, 6.45) is 2.10. The van der Waals surface area contributed by atoms with E-state index in [-0.39, 0.29) is 0 Å². The molecule has 0 unspecified atom stereocenters. The van der Waals surface area contributed by atoms with Crippen molar-refractivity contribution in [2.75, 3.05) is 19.8 Å². The highest BCUT2D eigenvalue weighted by molar-refractivity contribution is 5.43. The second-order valence-corrected chi connectivity index (χ2v) is 3.52. The second-order valence-electron chi connectivity index (χ2n) is 3.52. The van der Waals surface area contributed by atoms with Crippen molar-refractivity contribution in [2.45, 2.75) is 13.5 Å². The van der Waals surface area contributed by atoms with Gasteiger partial charge in [0, 0.05) is 6.54 Å². The Morgan fingerprint density at radius 3 is 2.87 bits per heavy atom. The Morgan fingerprint density at radius 1 is 1.27 bits per heavy atom. The molecule has 0 amide bonds. The minimum atomic E-state index is 0.645. The summed E-state index contributed by atoms with van der Waals surface area (Å²) in [6, 6.07) is 6.08. The average molecular weight is 206 g/mol. The lowest BCUT2D eigenvalue weighted by molar-refractivity contribution is 0.171. The molecule has 0 spiro atoms. The summed E-state index contributed by atoms with van der Waals surface area (Å²) in [7, 11) is 0. The molecule has 0 saturated carbocycles. The Hall–Kier alpha value is -1.22. The maximum Gasteiger partial charge on any atom is 0.161 e. The quantitative estimate of drug-likeness (QED) is 0.762. The number of rotatable bonds is 4. The fourth-order valence-electron chi connectivity index (χ4n) is 1.56. The normalized spacial score (nSPS) is 13.9. The number of fused-ring (bicyclic) bond motifs is 1. The summed E-state index contributed by atoms with van der Waals surface area (Å²) in [6.45, 7) is 5.12. The lowest BCUT2D eigenvalue weighted by atomic mass is 10.2. The highest BCUT2D eigenvalue weighted by atomic mass is 16.6. The Balaban J connectivity index is 2.00. The smallest absolute Gasteiger partial charge is 0.161 e. The van der Waals surface area contributed by atoms with Gasteiger partial charge in [-0.1, -0.05) is 13.0 Å². The van der Waals surface area contributed by atoms with Crippen LogP contribution < -0.4 is 14.8 Å². The highest BCUT2D eigenvalue weighted by Crippen LogP contribution is 2.30. The molecule has 0 fully saturated rings. The van der Waals surface area contributed by atoms with Gasteiger partial charge in [-0.25, -0.2) is 0 Å². The van der Waals surface area contributed by atoms with Crippen LogP contribution in [0.15, 0.2) is 18.2 Å². The molecule has 1 aliphatic heterocycles. The minimum absolute atomic E-state index is 0.645. The predicted octanol–water partition coefficient (Wildman–Crippen LogP) is 1.77. The van der Waals surface area contributed by atoms with Crippen molar-refractivity contribution in [3.8, 4) is 11.5 Å². The van der Waals surface area contributed by atoms with Crippen LogP contribution in [0.2, 0.25) is 0 Å². The molecule has 2 rings (SSSR count). The lowest BCUT2D eigenvalue weighted by Gasteiger charge is -2.18. The van der Waals surface area contributed by atoms with Gasteiger partial charge in [0.25, 0.3) is 0 Å². The van der Waals surface area contributed by atoms with Gasteiger partial charge in [0.2, 0.25) is 0 Å². The highest BCUT2D eigenvalue weighted by Gasteiger charge is 2.11. The molecule has 1 radical (unpaired) electrons. The van der Waals surface area contributed by atoms with E-state index in [9.17, 15) is 0 Å². The Morgan fingerprint density at radius 2 is 2.07 bits per heavy atom. The number of benzene rings is 1. The molecule has 81 valence electrons. The maximum absolute atomic E-state index is 5.51. The van der Waals surface area contributed by atoms with Crippen molar-refractivity contribution in [3.05, 3.63) is 30.2 Å². The van der Waals surface area contributed by atoms with E-state index >= 15 is 0 Å². The fourth-order valence-corrected chi connectivity index (χ4v) is 1.56. The van der Waals surface area contributed by atoms with Gasteiger partial charge in [0.1, 0.15) is 13.2 Å². The van der Waals surface area contributed by atoms with Crippen molar-refractivity contribution < 1.29 is 9.47 Å². The van der Waals surface area contributed by atoms with Crippen LogP contribution in [-0.2, 0) is 6.54 Å². The number of hydrogen-bond acceptors (Lipinski definition) is 3. The van der Waals surface area contributed by atoms with Crippen LogP contribution in [-0.4, -0.2) is 19.8 Å². The molecular weight excluding hydrogens is 190 g/mol. The first kappa shape index (κ1) is 10.3. The van der Waals surface area contributed by atoms with Crippen LogP contribution in [0, 0.1) is 6.42 Å². The zero-order valence-electron chi connectivity index (χ0n) is 8.95. The molecule has 0 atom stereocenters. The van der Waals surface area contributed by atoms with Gasteiger partial charge in [-0.15, -0.1) is 0 Å². The zero-order chi connectivity index (χ0) is 10.5. The molecule has 1 aliphatic rings. The van der Waals surface area contributed by atoms with Crippen molar-refractivity contribution in [1.82, 2.24) is 5.32 Å². The Kier molecular flexibility index (Phi) is 3.45. The van der Waals surface area contributed by atoms with Crippen LogP contribution in [0.1, 0.15) is 12.5 Å². The van der Waals surface area contributed by atoms with Crippen molar-refractivity contribution in [1.29, 1.82) is 0 Å². The third-order valence-corrected chi connectivity index (χ3v) is 2.28. The van der Waals surface area contributed by atoms with Crippen molar-refractivity contribution >= 4 is 0 Å². The summed E-state index contributed by atoms with van der Waals surface area (Å²) in [4.78, 5) is 0. The van der Waals surface area contributed by atoms with Crippen LogP contribution in [0.5, 0.6) is 11.5 Å².